The summed E-state index contributed by atoms with van der Waals surface area (Å²) in [5.41, 5.74) is 3.67. The monoisotopic (exact) mass is 419 g/mol. The van der Waals surface area contributed by atoms with E-state index in [1.807, 2.05) is 6.07 Å². The van der Waals surface area contributed by atoms with Gasteiger partial charge in [-0.15, -0.1) is 5.10 Å². The van der Waals surface area contributed by atoms with Gasteiger partial charge >= 0.3 is 0 Å². The van der Waals surface area contributed by atoms with E-state index in [-0.39, 0.29) is 17.3 Å². The highest BCUT2D eigenvalue weighted by Crippen LogP contribution is 2.64. The Morgan fingerprint density at radius 1 is 1.19 bits per heavy atom. The minimum Gasteiger partial charge on any atom is -0.392 e. The predicted molar refractivity (Wildman–Crippen MR) is 113 cm³/mol. The van der Waals surface area contributed by atoms with Crippen LogP contribution in [0.4, 0.5) is 4.39 Å². The molecular weight excluding hydrogens is 393 g/mol. The van der Waals surface area contributed by atoms with Crippen LogP contribution < -0.4 is 0 Å². The standard InChI is InChI=1S/C24H26FN5O/c25-17-3-1-2-16-20-11-26-12-30(20)19(23(16)17)6-21(31)24-7-13-4-14(8-24)22(15(5-13)9-24)18-10-27-29-28-18/h1-3,11-15,19,21-22,31H,4-10H2. The van der Waals surface area contributed by atoms with Crippen molar-refractivity contribution < 1.29 is 9.50 Å². The molecule has 4 fully saturated rings. The number of rotatable bonds is 4. The quantitative estimate of drug-likeness (QED) is 0.786. The molecule has 7 heteroatoms. The first-order valence-corrected chi connectivity index (χ1v) is 11.5. The molecule has 8 rings (SSSR count). The summed E-state index contributed by atoms with van der Waals surface area (Å²) in [5.74, 6) is 2.13. The first-order valence-electron chi connectivity index (χ1n) is 11.5. The number of aliphatic hydroxyl groups is 1. The van der Waals surface area contributed by atoms with Gasteiger partial charge in [-0.1, -0.05) is 12.1 Å². The number of imidazole rings is 1. The van der Waals surface area contributed by atoms with Crippen LogP contribution in [0.25, 0.3) is 11.3 Å². The van der Waals surface area contributed by atoms with E-state index < -0.39 is 6.10 Å². The summed E-state index contributed by atoms with van der Waals surface area (Å²) in [6, 6.07) is 5.07. The van der Waals surface area contributed by atoms with Crippen LogP contribution in [0.5, 0.6) is 0 Å². The molecule has 2 aromatic rings. The molecular formula is C24H26FN5O. The Hall–Kier alpha value is -2.41. The third-order valence-corrected chi connectivity index (χ3v) is 8.99. The predicted octanol–water partition coefficient (Wildman–Crippen LogP) is 4.61. The number of hydrogen-bond acceptors (Lipinski definition) is 5. The van der Waals surface area contributed by atoms with Crippen LogP contribution in [0.1, 0.15) is 50.1 Å². The van der Waals surface area contributed by atoms with Gasteiger partial charge in [0.15, 0.2) is 0 Å². The fourth-order valence-corrected chi connectivity index (χ4v) is 8.13. The normalized spacial score (nSPS) is 37.7. The number of fused-ring (bicyclic) bond motifs is 3. The van der Waals surface area contributed by atoms with Crippen molar-refractivity contribution >= 4 is 5.71 Å². The smallest absolute Gasteiger partial charge is 0.129 e. The van der Waals surface area contributed by atoms with Crippen molar-refractivity contribution in [3.8, 4) is 11.3 Å². The van der Waals surface area contributed by atoms with E-state index in [4.69, 9.17) is 0 Å². The van der Waals surface area contributed by atoms with Crippen molar-refractivity contribution in [2.24, 2.45) is 44.5 Å². The van der Waals surface area contributed by atoms with Gasteiger partial charge < -0.3 is 9.67 Å². The van der Waals surface area contributed by atoms with E-state index in [2.05, 4.69) is 25.0 Å². The maximum atomic E-state index is 14.9. The van der Waals surface area contributed by atoms with Gasteiger partial charge in [-0.2, -0.15) is 5.11 Å². The minimum atomic E-state index is -0.452. The van der Waals surface area contributed by atoms with Gasteiger partial charge in [0.25, 0.3) is 0 Å². The Bertz CT molecular complexity index is 1110. The zero-order valence-corrected chi connectivity index (χ0v) is 17.4. The van der Waals surface area contributed by atoms with Crippen molar-refractivity contribution in [3.63, 3.8) is 0 Å². The molecule has 0 radical (unpaired) electrons. The van der Waals surface area contributed by atoms with E-state index in [0.29, 0.717) is 42.2 Å². The number of aromatic nitrogens is 2. The van der Waals surface area contributed by atoms with E-state index >= 15 is 0 Å². The highest BCUT2D eigenvalue weighted by molar-refractivity contribution is 5.90. The first-order chi connectivity index (χ1) is 15.1. The van der Waals surface area contributed by atoms with E-state index in [0.717, 1.165) is 36.2 Å². The average Bonchev–Trinajstić information content (AvgIpc) is 3.47. The number of hydrogen-bond donors (Lipinski definition) is 1. The molecule has 3 heterocycles. The fourth-order valence-electron chi connectivity index (χ4n) is 8.13. The lowest BCUT2D eigenvalue weighted by atomic mass is 9.44. The van der Waals surface area contributed by atoms with Crippen molar-refractivity contribution in [1.82, 2.24) is 9.55 Å². The number of halogens is 1. The van der Waals surface area contributed by atoms with Gasteiger partial charge in [-0.05, 0) is 73.0 Å². The zero-order valence-electron chi connectivity index (χ0n) is 17.4. The largest absolute Gasteiger partial charge is 0.392 e. The van der Waals surface area contributed by atoms with Gasteiger partial charge in [-0.25, -0.2) is 9.37 Å². The van der Waals surface area contributed by atoms with Crippen LogP contribution in [0.15, 0.2) is 46.2 Å². The molecule has 4 atom stereocenters. The van der Waals surface area contributed by atoms with Gasteiger partial charge in [0.05, 0.1) is 36.1 Å². The van der Waals surface area contributed by atoms with Crippen molar-refractivity contribution in [2.75, 3.05) is 6.54 Å². The third kappa shape index (κ3) is 2.47. The molecule has 4 bridgehead atoms. The second-order valence-corrected chi connectivity index (χ2v) is 10.5. The van der Waals surface area contributed by atoms with Crippen molar-refractivity contribution in [3.05, 3.63) is 42.1 Å². The second kappa shape index (κ2) is 6.31. The van der Waals surface area contributed by atoms with E-state index in [1.165, 1.54) is 18.9 Å². The Morgan fingerprint density at radius 3 is 2.81 bits per heavy atom. The summed E-state index contributed by atoms with van der Waals surface area (Å²) in [5, 5.41) is 24.0. The molecule has 31 heavy (non-hydrogen) atoms. The minimum absolute atomic E-state index is 0.0603. The topological polar surface area (TPSA) is 75.1 Å². The molecule has 4 aliphatic carbocycles. The van der Waals surface area contributed by atoms with E-state index in [9.17, 15) is 9.50 Å². The van der Waals surface area contributed by atoms with Gasteiger partial charge in [-0.3, -0.25) is 0 Å². The molecule has 6 nitrogen and oxygen atoms in total. The van der Waals surface area contributed by atoms with Crippen LogP contribution in [0, 0.1) is 34.9 Å². The lowest BCUT2D eigenvalue weighted by Crippen LogP contribution is -2.57. The maximum absolute atomic E-state index is 14.9. The Morgan fingerprint density at radius 2 is 2.03 bits per heavy atom. The molecule has 6 aliphatic rings. The van der Waals surface area contributed by atoms with Gasteiger partial charge in [0.2, 0.25) is 0 Å². The summed E-state index contributed by atoms with van der Waals surface area (Å²) in [4.78, 5) is 4.30. The molecule has 4 unspecified atom stereocenters. The highest BCUT2D eigenvalue weighted by Gasteiger charge is 2.59. The Balaban J connectivity index is 1.20. The molecule has 160 valence electrons. The molecule has 0 saturated heterocycles. The summed E-state index contributed by atoms with van der Waals surface area (Å²) in [6.45, 7) is 0.652. The van der Waals surface area contributed by atoms with Crippen molar-refractivity contribution in [1.29, 1.82) is 0 Å². The molecule has 2 aliphatic heterocycles. The fraction of sp³-hybridized carbons (Fsp3) is 0.583. The molecule has 0 amide bonds. The Kier molecular flexibility index (Phi) is 3.70. The summed E-state index contributed by atoms with van der Waals surface area (Å²) in [7, 11) is 0. The SMILES string of the molecule is OC(CC1c2c(F)cccc2-c2cncn21)C12CC3CC(C1)C(C1=NN=NC1)C(C3)C2. The van der Waals surface area contributed by atoms with E-state index in [1.54, 1.807) is 18.6 Å². The van der Waals surface area contributed by atoms with Gasteiger partial charge in [0.1, 0.15) is 12.4 Å². The van der Waals surface area contributed by atoms with Crippen LogP contribution in [0.3, 0.4) is 0 Å². The van der Waals surface area contributed by atoms with Crippen LogP contribution in [-0.2, 0) is 0 Å². The summed E-state index contributed by atoms with van der Waals surface area (Å²) < 4.78 is 16.9. The second-order valence-electron chi connectivity index (χ2n) is 10.5. The first kappa shape index (κ1) is 18.2. The Labute approximate surface area is 180 Å². The lowest BCUT2D eigenvalue weighted by Gasteiger charge is -2.61. The highest BCUT2D eigenvalue weighted by atomic mass is 19.1. The molecule has 0 spiro atoms. The molecule has 1 aromatic heterocycles. The third-order valence-electron chi connectivity index (χ3n) is 8.99. The summed E-state index contributed by atoms with van der Waals surface area (Å²) >= 11 is 0. The number of benzene rings is 1. The maximum Gasteiger partial charge on any atom is 0.129 e. The molecule has 4 saturated carbocycles. The average molecular weight is 420 g/mol. The number of nitrogens with zero attached hydrogens (tertiary/aromatic N) is 5. The number of aliphatic hydroxyl groups excluding tert-OH is 1. The van der Waals surface area contributed by atoms with Gasteiger partial charge in [0, 0.05) is 17.0 Å². The summed E-state index contributed by atoms with van der Waals surface area (Å²) in [6.07, 6.45) is 9.33. The molecule has 1 N–H and O–H groups in total. The van der Waals surface area contributed by atoms with Crippen LogP contribution >= 0.6 is 0 Å². The molecule has 1 aromatic carbocycles. The lowest BCUT2D eigenvalue weighted by molar-refractivity contribution is -0.137. The zero-order chi connectivity index (χ0) is 20.7. The van der Waals surface area contributed by atoms with Crippen LogP contribution in [-0.4, -0.2) is 33.0 Å². The van der Waals surface area contributed by atoms with Crippen LogP contribution in [0.2, 0.25) is 0 Å². The van der Waals surface area contributed by atoms with Crippen molar-refractivity contribution in [2.45, 2.75) is 50.7 Å².